The number of hydrogen-bond acceptors (Lipinski definition) is 3. The van der Waals surface area contributed by atoms with Gasteiger partial charge in [0, 0.05) is 13.1 Å². The molecule has 1 aromatic carbocycles. The molecule has 18 heavy (non-hydrogen) atoms. The molecule has 0 aliphatic rings. The van der Waals surface area contributed by atoms with Gasteiger partial charge in [-0.05, 0) is 51.9 Å². The van der Waals surface area contributed by atoms with Gasteiger partial charge in [0.05, 0.1) is 12.2 Å². The first-order valence-electron chi connectivity index (χ1n) is 6.53. The van der Waals surface area contributed by atoms with Crippen molar-refractivity contribution in [2.45, 2.75) is 32.8 Å². The lowest BCUT2D eigenvalue weighted by Crippen LogP contribution is -2.37. The fourth-order valence-corrected chi connectivity index (χ4v) is 1.98. The minimum absolute atomic E-state index is 0.631. The molecule has 0 unspecified atom stereocenters. The molecule has 0 atom stereocenters. The highest BCUT2D eigenvalue weighted by Gasteiger charge is 2.15. The molecule has 3 heteroatoms. The van der Waals surface area contributed by atoms with E-state index in [1.807, 2.05) is 40.0 Å². The van der Waals surface area contributed by atoms with E-state index in [9.17, 15) is 5.11 Å². The molecule has 0 fully saturated rings. The van der Waals surface area contributed by atoms with Gasteiger partial charge in [0.25, 0.3) is 0 Å². The van der Waals surface area contributed by atoms with Gasteiger partial charge in [0.2, 0.25) is 0 Å². The normalized spacial score (nSPS) is 11.9. The molecule has 3 nitrogen and oxygen atoms in total. The van der Waals surface area contributed by atoms with Crippen LogP contribution in [0.25, 0.3) is 0 Å². The molecule has 102 valence electrons. The number of aliphatic hydroxyl groups is 1. The number of benzene rings is 1. The number of likely N-dealkylation sites (N-methyl/N-ethyl adjacent to an activating group) is 1. The van der Waals surface area contributed by atoms with E-state index in [4.69, 9.17) is 4.74 Å². The zero-order chi connectivity index (χ0) is 13.6. The second-order valence-electron chi connectivity index (χ2n) is 5.38. The zero-order valence-electron chi connectivity index (χ0n) is 11.9. The highest BCUT2D eigenvalue weighted by atomic mass is 16.5. The van der Waals surface area contributed by atoms with Crippen molar-refractivity contribution in [3.63, 3.8) is 0 Å². The van der Waals surface area contributed by atoms with Gasteiger partial charge in [0.1, 0.15) is 5.75 Å². The van der Waals surface area contributed by atoms with E-state index in [0.29, 0.717) is 13.2 Å². The monoisotopic (exact) mass is 251 g/mol. The predicted molar refractivity (Wildman–Crippen MR) is 75.1 cm³/mol. The smallest absolute Gasteiger partial charge is 0.119 e. The van der Waals surface area contributed by atoms with Gasteiger partial charge in [-0.2, -0.15) is 0 Å². The van der Waals surface area contributed by atoms with Gasteiger partial charge >= 0.3 is 0 Å². The van der Waals surface area contributed by atoms with E-state index in [-0.39, 0.29) is 0 Å². The fourth-order valence-electron chi connectivity index (χ4n) is 1.98. The van der Waals surface area contributed by atoms with Crippen LogP contribution in [0.4, 0.5) is 0 Å². The van der Waals surface area contributed by atoms with Crippen molar-refractivity contribution < 1.29 is 9.84 Å². The third-order valence-electron chi connectivity index (χ3n) is 2.67. The van der Waals surface area contributed by atoms with Crippen molar-refractivity contribution in [1.29, 1.82) is 0 Å². The van der Waals surface area contributed by atoms with E-state index in [2.05, 4.69) is 17.0 Å². The van der Waals surface area contributed by atoms with Crippen molar-refractivity contribution in [3.05, 3.63) is 29.8 Å². The van der Waals surface area contributed by atoms with E-state index in [1.165, 1.54) is 5.56 Å². The minimum Gasteiger partial charge on any atom is -0.494 e. The van der Waals surface area contributed by atoms with Gasteiger partial charge in [0.15, 0.2) is 0 Å². The highest BCUT2D eigenvalue weighted by molar-refractivity contribution is 5.27. The number of hydrogen-bond donors (Lipinski definition) is 1. The number of rotatable bonds is 7. The number of nitrogens with zero attached hydrogens (tertiary/aromatic N) is 1. The molecule has 0 amide bonds. The van der Waals surface area contributed by atoms with Crippen LogP contribution in [-0.2, 0) is 6.42 Å². The summed E-state index contributed by atoms with van der Waals surface area (Å²) in [6.45, 7) is 7.98. The van der Waals surface area contributed by atoms with Crippen molar-refractivity contribution >= 4 is 0 Å². The summed E-state index contributed by atoms with van der Waals surface area (Å²) in [5, 5.41) is 9.72. The fraction of sp³-hybridized carbons (Fsp3) is 0.600. The van der Waals surface area contributed by atoms with Gasteiger partial charge in [-0.15, -0.1) is 0 Å². The maximum Gasteiger partial charge on any atom is 0.119 e. The number of ether oxygens (including phenoxy) is 1. The van der Waals surface area contributed by atoms with Crippen LogP contribution in [0.2, 0.25) is 0 Å². The van der Waals surface area contributed by atoms with Crippen LogP contribution in [0.1, 0.15) is 26.3 Å². The molecule has 0 aliphatic carbocycles. The summed E-state index contributed by atoms with van der Waals surface area (Å²) in [5.74, 6) is 0.922. The largest absolute Gasteiger partial charge is 0.494 e. The average molecular weight is 251 g/mol. The summed E-state index contributed by atoms with van der Waals surface area (Å²) in [7, 11) is 2.03. The van der Waals surface area contributed by atoms with Crippen molar-refractivity contribution in [1.82, 2.24) is 4.90 Å². The van der Waals surface area contributed by atoms with Crippen molar-refractivity contribution in [2.24, 2.45) is 0 Å². The predicted octanol–water partition coefficient (Wildman–Crippen LogP) is 2.33. The summed E-state index contributed by atoms with van der Waals surface area (Å²) in [4.78, 5) is 2.15. The van der Waals surface area contributed by atoms with Crippen LogP contribution in [0.5, 0.6) is 5.75 Å². The molecule has 0 bridgehead atoms. The summed E-state index contributed by atoms with van der Waals surface area (Å²) >= 11 is 0. The van der Waals surface area contributed by atoms with E-state index >= 15 is 0 Å². The Bertz CT molecular complexity index is 341. The van der Waals surface area contributed by atoms with Crippen molar-refractivity contribution in [3.8, 4) is 5.75 Å². The van der Waals surface area contributed by atoms with Crippen LogP contribution >= 0.6 is 0 Å². The SMILES string of the molecule is CCOc1ccc(CCN(C)CC(C)(C)O)cc1. The molecular weight excluding hydrogens is 226 g/mol. The maximum atomic E-state index is 9.72. The topological polar surface area (TPSA) is 32.7 Å². The molecule has 0 radical (unpaired) electrons. The molecule has 0 heterocycles. The first-order chi connectivity index (χ1) is 8.40. The Hall–Kier alpha value is -1.06. The summed E-state index contributed by atoms with van der Waals surface area (Å²) in [6, 6.07) is 8.22. The molecule has 0 aromatic heterocycles. The second kappa shape index (κ2) is 6.76. The Morgan fingerprint density at radius 1 is 1.22 bits per heavy atom. The lowest BCUT2D eigenvalue weighted by atomic mass is 10.1. The van der Waals surface area contributed by atoms with Crippen LogP contribution in [-0.4, -0.2) is 42.4 Å². The maximum absolute atomic E-state index is 9.72. The first kappa shape index (κ1) is 15.0. The van der Waals surface area contributed by atoms with Crippen LogP contribution in [0.15, 0.2) is 24.3 Å². The lowest BCUT2D eigenvalue weighted by Gasteiger charge is -2.25. The third-order valence-corrected chi connectivity index (χ3v) is 2.67. The average Bonchev–Trinajstić information content (AvgIpc) is 2.26. The quantitative estimate of drug-likeness (QED) is 0.807. The Morgan fingerprint density at radius 2 is 1.83 bits per heavy atom. The lowest BCUT2D eigenvalue weighted by molar-refractivity contribution is 0.0450. The molecule has 1 aromatic rings. The Balaban J connectivity index is 2.39. The van der Waals surface area contributed by atoms with Crippen molar-refractivity contribution in [2.75, 3.05) is 26.7 Å². The third kappa shape index (κ3) is 6.03. The Morgan fingerprint density at radius 3 is 2.33 bits per heavy atom. The Labute approximate surface area is 110 Å². The van der Waals surface area contributed by atoms with Crippen LogP contribution < -0.4 is 4.74 Å². The Kier molecular flexibility index (Phi) is 5.63. The molecule has 0 saturated heterocycles. The van der Waals surface area contributed by atoms with E-state index in [0.717, 1.165) is 18.7 Å². The van der Waals surface area contributed by atoms with Gasteiger partial charge in [-0.25, -0.2) is 0 Å². The van der Waals surface area contributed by atoms with E-state index in [1.54, 1.807) is 0 Å². The molecule has 1 rings (SSSR count). The molecular formula is C15H25NO2. The summed E-state index contributed by atoms with van der Waals surface area (Å²) in [5.41, 5.74) is 0.661. The second-order valence-corrected chi connectivity index (χ2v) is 5.38. The van der Waals surface area contributed by atoms with Gasteiger partial charge < -0.3 is 14.7 Å². The molecule has 0 spiro atoms. The zero-order valence-corrected chi connectivity index (χ0v) is 11.9. The molecule has 0 saturated carbocycles. The van der Waals surface area contributed by atoms with Gasteiger partial charge in [-0.3, -0.25) is 0 Å². The highest BCUT2D eigenvalue weighted by Crippen LogP contribution is 2.13. The van der Waals surface area contributed by atoms with Gasteiger partial charge in [-0.1, -0.05) is 12.1 Å². The van der Waals surface area contributed by atoms with Crippen LogP contribution in [0, 0.1) is 0 Å². The van der Waals surface area contributed by atoms with Crippen LogP contribution in [0.3, 0.4) is 0 Å². The summed E-state index contributed by atoms with van der Waals surface area (Å²) in [6.07, 6.45) is 0.985. The van der Waals surface area contributed by atoms with E-state index < -0.39 is 5.60 Å². The minimum atomic E-state index is -0.631. The molecule has 0 aliphatic heterocycles. The summed E-state index contributed by atoms with van der Waals surface area (Å²) < 4.78 is 5.41. The first-order valence-corrected chi connectivity index (χ1v) is 6.53. The molecule has 1 N–H and O–H groups in total. The standard InChI is InChI=1S/C15H25NO2/c1-5-18-14-8-6-13(7-9-14)10-11-16(4)12-15(2,3)17/h6-9,17H,5,10-12H2,1-4H3.